The highest BCUT2D eigenvalue weighted by Crippen LogP contribution is 2.28. The van der Waals surface area contributed by atoms with Gasteiger partial charge in [-0.2, -0.15) is 4.37 Å². The highest BCUT2D eigenvalue weighted by atomic mass is 32.1. The summed E-state index contributed by atoms with van der Waals surface area (Å²) >= 11 is 1.23. The van der Waals surface area contributed by atoms with Crippen LogP contribution in [0, 0.1) is 5.92 Å². The molecule has 0 saturated heterocycles. The average Bonchev–Trinajstić information content (AvgIpc) is 2.85. The minimum atomic E-state index is 0.327. The molecule has 4 nitrogen and oxygen atoms in total. The zero-order valence-corrected chi connectivity index (χ0v) is 12.8. The van der Waals surface area contributed by atoms with Gasteiger partial charge in [0.15, 0.2) is 0 Å². The predicted octanol–water partition coefficient (Wildman–Crippen LogP) is 3.12. The Labute approximate surface area is 119 Å². The number of nitrogens with zero attached hydrogens (tertiary/aromatic N) is 2. The maximum Gasteiger partial charge on any atom is 0.253 e. The lowest BCUT2D eigenvalue weighted by atomic mass is 10.0. The van der Waals surface area contributed by atoms with Crippen molar-refractivity contribution in [1.82, 2.24) is 14.1 Å². The highest BCUT2D eigenvalue weighted by Gasteiger charge is 2.21. The molecule has 2 heterocycles. The third-order valence-electron chi connectivity index (χ3n) is 3.44. The molecule has 0 aliphatic carbocycles. The number of rotatable bonds is 6. The van der Waals surface area contributed by atoms with Crippen LogP contribution in [0.25, 0.3) is 5.57 Å². The molecule has 1 aliphatic rings. The molecule has 106 valence electrons. The van der Waals surface area contributed by atoms with Crippen molar-refractivity contribution < 1.29 is 4.74 Å². The van der Waals surface area contributed by atoms with E-state index >= 15 is 0 Å². The highest BCUT2D eigenvalue weighted by molar-refractivity contribution is 6.99. The van der Waals surface area contributed by atoms with Gasteiger partial charge in [-0.3, -0.25) is 0 Å². The van der Waals surface area contributed by atoms with Gasteiger partial charge in [0.1, 0.15) is 5.69 Å². The Balaban J connectivity index is 2.03. The van der Waals surface area contributed by atoms with Crippen molar-refractivity contribution in [3.63, 3.8) is 0 Å². The molecule has 5 heteroatoms. The Morgan fingerprint density at radius 2 is 2.37 bits per heavy atom. The quantitative estimate of drug-likeness (QED) is 0.870. The third-order valence-corrected chi connectivity index (χ3v) is 3.96. The molecule has 1 aromatic heterocycles. The van der Waals surface area contributed by atoms with E-state index in [9.17, 15) is 0 Å². The van der Waals surface area contributed by atoms with E-state index in [1.165, 1.54) is 30.1 Å². The molecular weight excluding hydrogens is 258 g/mol. The second-order valence-electron chi connectivity index (χ2n) is 5.25. The molecule has 1 aromatic rings. The normalized spacial score (nSPS) is 21.0. The summed E-state index contributed by atoms with van der Waals surface area (Å²) in [5, 5.41) is 3.45. The summed E-state index contributed by atoms with van der Waals surface area (Å²) in [5.41, 5.74) is 2.14. The van der Waals surface area contributed by atoms with Crippen LogP contribution in [0.1, 0.15) is 45.7 Å². The van der Waals surface area contributed by atoms with Crippen molar-refractivity contribution >= 4 is 17.3 Å². The Hall–Kier alpha value is -0.940. The molecule has 0 bridgehead atoms. The van der Waals surface area contributed by atoms with Crippen LogP contribution in [0.3, 0.4) is 0 Å². The number of ether oxygens (including phenoxy) is 1. The topological polar surface area (TPSA) is 47.0 Å². The molecular formula is C14H23N3OS. The van der Waals surface area contributed by atoms with Crippen molar-refractivity contribution in [1.29, 1.82) is 0 Å². The van der Waals surface area contributed by atoms with Gasteiger partial charge >= 0.3 is 0 Å². The maximum absolute atomic E-state index is 5.86. The lowest BCUT2D eigenvalue weighted by molar-refractivity contribution is 0.244. The average molecular weight is 281 g/mol. The molecule has 0 amide bonds. The van der Waals surface area contributed by atoms with Crippen molar-refractivity contribution in [2.24, 2.45) is 5.92 Å². The van der Waals surface area contributed by atoms with Crippen LogP contribution in [0.5, 0.6) is 5.88 Å². The first kappa shape index (κ1) is 14.5. The molecule has 2 atom stereocenters. The van der Waals surface area contributed by atoms with E-state index in [-0.39, 0.29) is 0 Å². The van der Waals surface area contributed by atoms with Crippen LogP contribution in [-0.2, 0) is 0 Å². The van der Waals surface area contributed by atoms with E-state index in [0.29, 0.717) is 17.8 Å². The Kier molecular flexibility index (Phi) is 5.34. The van der Waals surface area contributed by atoms with Crippen LogP contribution < -0.4 is 10.1 Å². The van der Waals surface area contributed by atoms with Crippen LogP contribution >= 0.6 is 11.7 Å². The van der Waals surface area contributed by atoms with Gasteiger partial charge in [0, 0.05) is 6.04 Å². The van der Waals surface area contributed by atoms with Gasteiger partial charge in [-0.1, -0.05) is 26.3 Å². The molecule has 0 aromatic carbocycles. The summed E-state index contributed by atoms with van der Waals surface area (Å²) in [7, 11) is 0. The molecule has 1 N–H and O–H groups in total. The molecule has 1 aliphatic heterocycles. The molecule has 0 spiro atoms. The first-order valence-corrected chi connectivity index (χ1v) is 7.84. The summed E-state index contributed by atoms with van der Waals surface area (Å²) in [6.07, 6.45) is 5.68. The summed E-state index contributed by atoms with van der Waals surface area (Å²) < 4.78 is 14.6. The Morgan fingerprint density at radius 3 is 3.11 bits per heavy atom. The second kappa shape index (κ2) is 7.01. The van der Waals surface area contributed by atoms with E-state index < -0.39 is 0 Å². The number of nitrogens with one attached hydrogen (secondary N) is 1. The van der Waals surface area contributed by atoms with Gasteiger partial charge in [-0.25, -0.2) is 0 Å². The fourth-order valence-corrected chi connectivity index (χ4v) is 2.88. The van der Waals surface area contributed by atoms with Crippen LogP contribution in [0.15, 0.2) is 6.08 Å². The number of hydrogen-bond acceptors (Lipinski definition) is 5. The van der Waals surface area contributed by atoms with E-state index in [1.807, 2.05) is 0 Å². The van der Waals surface area contributed by atoms with Crippen molar-refractivity contribution in [3.8, 4) is 5.88 Å². The van der Waals surface area contributed by atoms with Gasteiger partial charge in [-0.15, -0.1) is 4.37 Å². The van der Waals surface area contributed by atoms with Gasteiger partial charge in [0.2, 0.25) is 0 Å². The fraction of sp³-hybridized carbons (Fsp3) is 0.714. The molecule has 2 rings (SSSR count). The maximum atomic E-state index is 5.86. The van der Waals surface area contributed by atoms with E-state index in [4.69, 9.17) is 4.74 Å². The zero-order chi connectivity index (χ0) is 13.7. The van der Waals surface area contributed by atoms with Crippen molar-refractivity contribution in [2.45, 2.75) is 46.1 Å². The number of hydrogen-bond donors (Lipinski definition) is 1. The first-order valence-electron chi connectivity index (χ1n) is 7.11. The minimum Gasteiger partial charge on any atom is -0.475 e. The molecule has 0 radical (unpaired) electrons. The fourth-order valence-electron chi connectivity index (χ4n) is 2.36. The predicted molar refractivity (Wildman–Crippen MR) is 79.5 cm³/mol. The lowest BCUT2D eigenvalue weighted by Crippen LogP contribution is -2.31. The molecule has 0 fully saturated rings. The second-order valence-corrected chi connectivity index (χ2v) is 5.78. The van der Waals surface area contributed by atoms with E-state index in [1.54, 1.807) is 0 Å². The first-order chi connectivity index (χ1) is 9.22. The summed E-state index contributed by atoms with van der Waals surface area (Å²) in [4.78, 5) is 0. The van der Waals surface area contributed by atoms with Crippen LogP contribution in [0.4, 0.5) is 0 Å². The minimum absolute atomic E-state index is 0.327. The van der Waals surface area contributed by atoms with E-state index in [2.05, 4.69) is 40.9 Å². The standard InChI is InChI=1S/C14H23N3OS/c1-4-6-10(2)9-18-14-13(16-19-17-14)12-7-5-8-15-11(12)3/h7,10-11,15H,4-6,8-9H2,1-3H3. The Bertz CT molecular complexity index is 430. The van der Waals surface area contributed by atoms with Gasteiger partial charge < -0.3 is 10.1 Å². The van der Waals surface area contributed by atoms with Crippen LogP contribution in [0.2, 0.25) is 0 Å². The van der Waals surface area contributed by atoms with Crippen LogP contribution in [-0.4, -0.2) is 27.9 Å². The molecule has 0 saturated carbocycles. The van der Waals surface area contributed by atoms with Gasteiger partial charge in [-0.05, 0) is 37.8 Å². The lowest BCUT2D eigenvalue weighted by Gasteiger charge is -2.21. The molecule has 19 heavy (non-hydrogen) atoms. The van der Waals surface area contributed by atoms with E-state index in [0.717, 1.165) is 25.3 Å². The zero-order valence-electron chi connectivity index (χ0n) is 12.0. The largest absolute Gasteiger partial charge is 0.475 e. The van der Waals surface area contributed by atoms with Crippen molar-refractivity contribution in [3.05, 3.63) is 11.8 Å². The smallest absolute Gasteiger partial charge is 0.253 e. The van der Waals surface area contributed by atoms with Crippen molar-refractivity contribution in [2.75, 3.05) is 13.2 Å². The summed E-state index contributed by atoms with van der Waals surface area (Å²) in [6, 6.07) is 0.327. The number of aromatic nitrogens is 2. The summed E-state index contributed by atoms with van der Waals surface area (Å²) in [5.74, 6) is 1.27. The van der Waals surface area contributed by atoms with Gasteiger partial charge in [0.05, 0.1) is 18.3 Å². The summed E-state index contributed by atoms with van der Waals surface area (Å²) in [6.45, 7) is 8.33. The molecule has 2 unspecified atom stereocenters. The monoisotopic (exact) mass is 281 g/mol. The SMILES string of the molecule is CCCC(C)COc1nsnc1C1=CCCNC1C. The Morgan fingerprint density at radius 1 is 1.53 bits per heavy atom. The van der Waals surface area contributed by atoms with Gasteiger partial charge in [0.25, 0.3) is 5.88 Å². The third kappa shape index (κ3) is 3.76.